The average molecular weight is 401 g/mol. The van der Waals surface area contributed by atoms with E-state index >= 15 is 0 Å². The second-order valence-electron chi connectivity index (χ2n) is 6.70. The number of allylic oxidation sites excluding steroid dienone is 2. The van der Waals surface area contributed by atoms with Crippen LogP contribution in [0.5, 0.6) is 0 Å². The Morgan fingerprint density at radius 3 is 2.42 bits per heavy atom. The van der Waals surface area contributed by atoms with Crippen LogP contribution in [-0.2, 0) is 14.4 Å². The van der Waals surface area contributed by atoms with Gasteiger partial charge in [-0.25, -0.2) is 0 Å². The highest BCUT2D eigenvalue weighted by molar-refractivity contribution is 8.77. The van der Waals surface area contributed by atoms with E-state index in [0.29, 0.717) is 25.0 Å². The number of hydrogen-bond acceptors (Lipinski definition) is 5. The molecule has 2 N–H and O–H groups in total. The first-order valence-electron chi connectivity index (χ1n) is 8.80. The molecular formula is C19H32N2O3S2. The van der Waals surface area contributed by atoms with Gasteiger partial charge in [-0.2, -0.15) is 0 Å². The molecule has 0 fully saturated rings. The van der Waals surface area contributed by atoms with Gasteiger partial charge in [0, 0.05) is 29.0 Å². The van der Waals surface area contributed by atoms with E-state index in [9.17, 15) is 14.4 Å². The van der Waals surface area contributed by atoms with Crippen LogP contribution in [0.1, 0.15) is 60.3 Å². The Morgan fingerprint density at radius 1 is 1.23 bits per heavy atom. The number of nitrogens with one attached hydrogen (secondary N) is 2. The van der Waals surface area contributed by atoms with Gasteiger partial charge in [0.2, 0.25) is 11.8 Å². The first-order valence-corrected chi connectivity index (χ1v) is 11.1. The first-order chi connectivity index (χ1) is 12.1. The molecule has 0 radical (unpaired) electrons. The van der Waals surface area contributed by atoms with Crippen molar-refractivity contribution >= 4 is 39.2 Å². The van der Waals surface area contributed by atoms with Gasteiger partial charge in [-0.15, -0.1) is 0 Å². The van der Waals surface area contributed by atoms with Crippen molar-refractivity contribution in [2.24, 2.45) is 0 Å². The summed E-state index contributed by atoms with van der Waals surface area (Å²) in [5.41, 5.74) is 0.621. The fraction of sp³-hybridized carbons (Fsp3) is 0.632. The highest BCUT2D eigenvalue weighted by Crippen LogP contribution is 2.39. The maximum atomic E-state index is 12.1. The molecule has 0 rings (SSSR count). The molecule has 0 saturated heterocycles. The predicted octanol–water partition coefficient (Wildman–Crippen LogP) is 4.01. The molecule has 0 saturated carbocycles. The number of carbonyl (C=O) groups excluding carboxylic acids is 3. The minimum Gasteiger partial charge on any atom is -0.345 e. The normalized spacial score (nSPS) is 13.0. The number of Topliss-reactive ketones (excluding diaryl/α,β-unsaturated/α-hetero) is 1. The largest absolute Gasteiger partial charge is 0.345 e. The van der Waals surface area contributed by atoms with Crippen molar-refractivity contribution in [1.29, 1.82) is 0 Å². The SMILES string of the molecule is C=C/C(=C\C)NC(=O)[C@H](C)NC(=O)CCC(C)(C)SSCCCC(C)=O. The highest BCUT2D eigenvalue weighted by atomic mass is 33.1. The summed E-state index contributed by atoms with van der Waals surface area (Å²) < 4.78 is -0.0509. The lowest BCUT2D eigenvalue weighted by molar-refractivity contribution is -0.128. The van der Waals surface area contributed by atoms with Gasteiger partial charge >= 0.3 is 0 Å². The molecule has 5 nitrogen and oxygen atoms in total. The van der Waals surface area contributed by atoms with Crippen LogP contribution in [0, 0.1) is 0 Å². The van der Waals surface area contributed by atoms with E-state index in [1.54, 1.807) is 54.5 Å². The van der Waals surface area contributed by atoms with E-state index in [0.717, 1.165) is 12.2 Å². The van der Waals surface area contributed by atoms with Crippen molar-refractivity contribution in [2.75, 3.05) is 5.75 Å². The lowest BCUT2D eigenvalue weighted by Crippen LogP contribution is -2.44. The van der Waals surface area contributed by atoms with Crippen molar-refractivity contribution in [2.45, 2.75) is 71.1 Å². The van der Waals surface area contributed by atoms with Gasteiger partial charge in [0.15, 0.2) is 0 Å². The van der Waals surface area contributed by atoms with E-state index in [1.807, 2.05) is 0 Å². The zero-order valence-corrected chi connectivity index (χ0v) is 18.1. The van der Waals surface area contributed by atoms with Crippen LogP contribution >= 0.6 is 21.6 Å². The monoisotopic (exact) mass is 400 g/mol. The quantitative estimate of drug-likeness (QED) is 0.278. The van der Waals surface area contributed by atoms with Gasteiger partial charge in [-0.3, -0.25) is 9.59 Å². The Labute approximate surface area is 165 Å². The molecule has 0 aliphatic rings. The lowest BCUT2D eigenvalue weighted by Gasteiger charge is -2.23. The van der Waals surface area contributed by atoms with Gasteiger partial charge in [-0.1, -0.05) is 34.2 Å². The third-order valence-electron chi connectivity index (χ3n) is 3.56. The van der Waals surface area contributed by atoms with Gasteiger partial charge < -0.3 is 15.4 Å². The first kappa shape index (κ1) is 24.8. The summed E-state index contributed by atoms with van der Waals surface area (Å²) in [7, 11) is 3.48. The van der Waals surface area contributed by atoms with Crippen LogP contribution in [0.4, 0.5) is 0 Å². The standard InChI is InChI=1S/C19H32N2O3S2/c1-7-16(8-2)21-18(24)15(4)20-17(23)11-12-19(5,6)26-25-13-9-10-14(3)22/h7-8,15H,1,9-13H2,2-6H3,(H,20,23)(H,21,24)/b16-8+/t15-/m0/s1. The molecule has 2 amide bonds. The Hall–Kier alpha value is -1.21. The van der Waals surface area contributed by atoms with Crippen molar-refractivity contribution in [3.63, 3.8) is 0 Å². The van der Waals surface area contributed by atoms with Crippen molar-refractivity contribution in [3.05, 3.63) is 24.4 Å². The molecule has 0 aromatic rings. The summed E-state index contributed by atoms with van der Waals surface area (Å²) in [5.74, 6) is 0.747. The zero-order chi connectivity index (χ0) is 20.2. The second-order valence-corrected chi connectivity index (χ2v) is 9.82. The molecule has 0 aliphatic heterocycles. The molecule has 0 aliphatic carbocycles. The van der Waals surface area contributed by atoms with E-state index in [-0.39, 0.29) is 22.3 Å². The number of rotatable bonds is 13. The molecule has 26 heavy (non-hydrogen) atoms. The Bertz CT molecular complexity index is 531. The van der Waals surface area contributed by atoms with Crippen molar-refractivity contribution < 1.29 is 14.4 Å². The fourth-order valence-electron chi connectivity index (χ4n) is 1.91. The number of amides is 2. The molecule has 0 unspecified atom stereocenters. The summed E-state index contributed by atoms with van der Waals surface area (Å²) in [6.45, 7) is 12.9. The van der Waals surface area contributed by atoms with Crippen LogP contribution < -0.4 is 10.6 Å². The fourth-order valence-corrected chi connectivity index (χ4v) is 4.57. The van der Waals surface area contributed by atoms with Crippen LogP contribution in [0.2, 0.25) is 0 Å². The Balaban J connectivity index is 4.16. The van der Waals surface area contributed by atoms with Gasteiger partial charge in [0.05, 0.1) is 0 Å². The third kappa shape index (κ3) is 12.2. The smallest absolute Gasteiger partial charge is 0.246 e. The summed E-state index contributed by atoms with van der Waals surface area (Å²) in [4.78, 5) is 35.0. The Morgan fingerprint density at radius 2 is 1.88 bits per heavy atom. The number of hydrogen-bond donors (Lipinski definition) is 2. The maximum Gasteiger partial charge on any atom is 0.246 e. The van der Waals surface area contributed by atoms with E-state index in [1.165, 1.54) is 0 Å². The average Bonchev–Trinajstić information content (AvgIpc) is 2.57. The van der Waals surface area contributed by atoms with E-state index in [2.05, 4.69) is 31.1 Å². The molecule has 0 aromatic heterocycles. The maximum absolute atomic E-state index is 12.1. The zero-order valence-electron chi connectivity index (χ0n) is 16.5. The molecule has 1 atom stereocenters. The topological polar surface area (TPSA) is 75.3 Å². The summed E-state index contributed by atoms with van der Waals surface area (Å²) in [6, 6.07) is -0.603. The van der Waals surface area contributed by atoms with Gasteiger partial charge in [0.25, 0.3) is 0 Å². The van der Waals surface area contributed by atoms with Crippen molar-refractivity contribution in [1.82, 2.24) is 10.6 Å². The number of ketones is 1. The summed E-state index contributed by atoms with van der Waals surface area (Å²) in [6.07, 6.45) is 5.88. The van der Waals surface area contributed by atoms with Crippen LogP contribution in [0.15, 0.2) is 24.4 Å². The van der Waals surface area contributed by atoms with E-state index < -0.39 is 6.04 Å². The van der Waals surface area contributed by atoms with Crippen molar-refractivity contribution in [3.8, 4) is 0 Å². The van der Waals surface area contributed by atoms with Gasteiger partial charge in [0.1, 0.15) is 11.8 Å². The van der Waals surface area contributed by atoms with Crippen LogP contribution in [0.3, 0.4) is 0 Å². The van der Waals surface area contributed by atoms with Gasteiger partial charge in [-0.05, 0) is 53.5 Å². The van der Waals surface area contributed by atoms with Crippen LogP contribution in [0.25, 0.3) is 0 Å². The molecule has 148 valence electrons. The minimum absolute atomic E-state index is 0.0509. The minimum atomic E-state index is -0.603. The molecule has 0 heterocycles. The molecular weight excluding hydrogens is 368 g/mol. The summed E-state index contributed by atoms with van der Waals surface area (Å²) >= 11 is 0. The lowest BCUT2D eigenvalue weighted by atomic mass is 10.1. The molecule has 7 heteroatoms. The predicted molar refractivity (Wildman–Crippen MR) is 113 cm³/mol. The van der Waals surface area contributed by atoms with E-state index in [4.69, 9.17) is 0 Å². The van der Waals surface area contributed by atoms with Crippen LogP contribution in [-0.4, -0.2) is 34.1 Å². The second kappa shape index (κ2) is 13.0. The Kier molecular flexibility index (Phi) is 12.4. The highest BCUT2D eigenvalue weighted by Gasteiger charge is 2.22. The third-order valence-corrected chi connectivity index (χ3v) is 7.00. The molecule has 0 spiro atoms. The molecule has 0 bridgehead atoms. The number of carbonyl (C=O) groups is 3. The molecule has 0 aromatic carbocycles. The summed E-state index contributed by atoms with van der Waals surface area (Å²) in [5, 5.41) is 5.43.